The fourth-order valence-electron chi connectivity index (χ4n) is 2.65. The van der Waals surface area contributed by atoms with Gasteiger partial charge in [0.25, 0.3) is 17.5 Å². The molecule has 30 heavy (non-hydrogen) atoms. The number of nitro groups is 1. The number of amides is 2. The SMILES string of the molecule is O=C(O)c1cccc(NC(=O)c2ccccc2NC(=O)c2ccc([N+](=O)[O-])cc2)c1. The summed E-state index contributed by atoms with van der Waals surface area (Å²) in [5.74, 6) is -2.21. The number of para-hydroxylation sites is 1. The van der Waals surface area contributed by atoms with E-state index in [0.29, 0.717) is 0 Å². The molecule has 0 saturated carbocycles. The number of nitrogens with one attached hydrogen (secondary N) is 2. The van der Waals surface area contributed by atoms with Gasteiger partial charge in [0.2, 0.25) is 0 Å². The summed E-state index contributed by atoms with van der Waals surface area (Å²) in [5.41, 5.74) is 0.741. The van der Waals surface area contributed by atoms with Crippen LogP contribution in [-0.2, 0) is 0 Å². The molecule has 3 N–H and O–H groups in total. The molecule has 0 heterocycles. The number of benzene rings is 3. The number of non-ortho nitro benzene ring substituents is 1. The Hall–Kier alpha value is -4.53. The van der Waals surface area contributed by atoms with Gasteiger partial charge in [-0.15, -0.1) is 0 Å². The van der Waals surface area contributed by atoms with Crippen LogP contribution in [0.4, 0.5) is 17.1 Å². The highest BCUT2D eigenvalue weighted by Crippen LogP contribution is 2.20. The quantitative estimate of drug-likeness (QED) is 0.421. The smallest absolute Gasteiger partial charge is 0.335 e. The van der Waals surface area contributed by atoms with E-state index >= 15 is 0 Å². The molecule has 0 aliphatic rings. The van der Waals surface area contributed by atoms with Crippen LogP contribution in [0, 0.1) is 10.1 Å². The van der Waals surface area contributed by atoms with E-state index in [1.807, 2.05) is 0 Å². The first-order valence-corrected chi connectivity index (χ1v) is 8.64. The molecule has 0 saturated heterocycles. The second-order valence-electron chi connectivity index (χ2n) is 6.14. The summed E-state index contributed by atoms with van der Waals surface area (Å²) in [7, 11) is 0. The van der Waals surface area contributed by atoms with Gasteiger partial charge in [0, 0.05) is 23.4 Å². The van der Waals surface area contributed by atoms with Gasteiger partial charge in [-0.05, 0) is 42.5 Å². The van der Waals surface area contributed by atoms with Crippen molar-refractivity contribution in [1.82, 2.24) is 0 Å². The largest absolute Gasteiger partial charge is 0.478 e. The average molecular weight is 405 g/mol. The molecule has 9 nitrogen and oxygen atoms in total. The van der Waals surface area contributed by atoms with Crippen molar-refractivity contribution in [2.45, 2.75) is 0 Å². The minimum Gasteiger partial charge on any atom is -0.478 e. The number of nitrogens with zero attached hydrogens (tertiary/aromatic N) is 1. The van der Waals surface area contributed by atoms with E-state index in [1.165, 1.54) is 54.6 Å². The number of carboxylic acid groups (broad SMARTS) is 1. The molecule has 150 valence electrons. The molecular formula is C21H15N3O6. The molecule has 0 unspecified atom stereocenters. The Morgan fingerprint density at radius 1 is 0.800 bits per heavy atom. The molecule has 0 aliphatic heterocycles. The molecule has 3 aromatic carbocycles. The van der Waals surface area contributed by atoms with Gasteiger partial charge in [-0.2, -0.15) is 0 Å². The van der Waals surface area contributed by atoms with Gasteiger partial charge in [0.1, 0.15) is 0 Å². The van der Waals surface area contributed by atoms with E-state index in [-0.39, 0.29) is 33.8 Å². The van der Waals surface area contributed by atoms with Crippen molar-refractivity contribution in [3.8, 4) is 0 Å². The van der Waals surface area contributed by atoms with Crippen LogP contribution in [0.15, 0.2) is 72.8 Å². The number of aromatic carboxylic acids is 1. The molecule has 0 radical (unpaired) electrons. The highest BCUT2D eigenvalue weighted by Gasteiger charge is 2.16. The fourth-order valence-corrected chi connectivity index (χ4v) is 2.65. The molecule has 9 heteroatoms. The lowest BCUT2D eigenvalue weighted by molar-refractivity contribution is -0.384. The standard InChI is InChI=1S/C21H15N3O6/c25-19(13-8-10-16(11-9-13)24(29)30)23-18-7-2-1-6-17(18)20(26)22-15-5-3-4-14(12-15)21(27)28/h1-12H,(H,22,26)(H,23,25)(H,27,28). The van der Waals surface area contributed by atoms with E-state index in [0.717, 1.165) is 0 Å². The van der Waals surface area contributed by atoms with Crippen molar-refractivity contribution in [3.63, 3.8) is 0 Å². The summed E-state index contributed by atoms with van der Waals surface area (Å²) in [6.45, 7) is 0. The number of nitro benzene ring substituents is 1. The summed E-state index contributed by atoms with van der Waals surface area (Å²) in [6, 6.07) is 17.1. The first-order valence-electron chi connectivity index (χ1n) is 8.64. The number of carboxylic acids is 1. The first kappa shape index (κ1) is 20.2. The van der Waals surface area contributed by atoms with Crippen LogP contribution in [-0.4, -0.2) is 27.8 Å². The normalized spacial score (nSPS) is 10.1. The average Bonchev–Trinajstić information content (AvgIpc) is 2.74. The van der Waals surface area contributed by atoms with Crippen molar-refractivity contribution in [2.75, 3.05) is 10.6 Å². The summed E-state index contributed by atoms with van der Waals surface area (Å²) in [5, 5.41) is 25.0. The van der Waals surface area contributed by atoms with Crippen molar-refractivity contribution < 1.29 is 24.4 Å². The Balaban J connectivity index is 1.79. The van der Waals surface area contributed by atoms with Gasteiger partial charge in [-0.3, -0.25) is 19.7 Å². The number of anilines is 2. The van der Waals surface area contributed by atoms with Crippen molar-refractivity contribution in [1.29, 1.82) is 0 Å². The van der Waals surface area contributed by atoms with Crippen LogP contribution in [0.3, 0.4) is 0 Å². The highest BCUT2D eigenvalue weighted by molar-refractivity contribution is 6.12. The topological polar surface area (TPSA) is 139 Å². The maximum Gasteiger partial charge on any atom is 0.335 e. The predicted molar refractivity (Wildman–Crippen MR) is 109 cm³/mol. The lowest BCUT2D eigenvalue weighted by Crippen LogP contribution is -2.18. The third-order valence-corrected chi connectivity index (χ3v) is 4.13. The van der Waals surface area contributed by atoms with Crippen LogP contribution in [0.2, 0.25) is 0 Å². The lowest BCUT2D eigenvalue weighted by atomic mass is 10.1. The Morgan fingerprint density at radius 2 is 1.50 bits per heavy atom. The monoisotopic (exact) mass is 405 g/mol. The minimum atomic E-state index is -1.12. The number of rotatable bonds is 6. The van der Waals surface area contributed by atoms with Gasteiger partial charge < -0.3 is 15.7 Å². The zero-order chi connectivity index (χ0) is 21.7. The molecule has 3 rings (SSSR count). The number of carbonyl (C=O) groups excluding carboxylic acids is 2. The highest BCUT2D eigenvalue weighted by atomic mass is 16.6. The van der Waals surface area contributed by atoms with E-state index in [9.17, 15) is 24.5 Å². The van der Waals surface area contributed by atoms with Gasteiger partial charge in [-0.1, -0.05) is 18.2 Å². The van der Waals surface area contributed by atoms with Crippen LogP contribution in [0.1, 0.15) is 31.1 Å². The summed E-state index contributed by atoms with van der Waals surface area (Å²) in [4.78, 5) is 46.4. The van der Waals surface area contributed by atoms with Crippen molar-refractivity contribution in [3.05, 3.63) is 99.6 Å². The van der Waals surface area contributed by atoms with Crippen LogP contribution >= 0.6 is 0 Å². The molecule has 0 spiro atoms. The molecular weight excluding hydrogens is 390 g/mol. The van der Waals surface area contributed by atoms with E-state index in [4.69, 9.17) is 5.11 Å². The third kappa shape index (κ3) is 4.65. The molecule has 2 amide bonds. The second-order valence-corrected chi connectivity index (χ2v) is 6.14. The molecule has 0 fully saturated rings. The minimum absolute atomic E-state index is 0.0209. The fraction of sp³-hybridized carbons (Fsp3) is 0. The lowest BCUT2D eigenvalue weighted by Gasteiger charge is -2.12. The van der Waals surface area contributed by atoms with E-state index < -0.39 is 22.7 Å². The molecule has 3 aromatic rings. The predicted octanol–water partition coefficient (Wildman–Crippen LogP) is 3.80. The van der Waals surface area contributed by atoms with E-state index in [2.05, 4.69) is 10.6 Å². The number of carbonyl (C=O) groups is 3. The van der Waals surface area contributed by atoms with Gasteiger partial charge in [-0.25, -0.2) is 4.79 Å². The van der Waals surface area contributed by atoms with E-state index in [1.54, 1.807) is 18.2 Å². The first-order chi connectivity index (χ1) is 14.3. The second kappa shape index (κ2) is 8.65. The zero-order valence-electron chi connectivity index (χ0n) is 15.4. The van der Waals surface area contributed by atoms with Crippen molar-refractivity contribution >= 4 is 34.8 Å². The Labute approximate surface area is 170 Å². The molecule has 0 aliphatic carbocycles. The summed E-state index contributed by atoms with van der Waals surface area (Å²) < 4.78 is 0. The number of hydrogen-bond donors (Lipinski definition) is 3. The summed E-state index contributed by atoms with van der Waals surface area (Å²) in [6.07, 6.45) is 0. The maximum absolute atomic E-state index is 12.7. The zero-order valence-corrected chi connectivity index (χ0v) is 15.4. The Bertz CT molecular complexity index is 1140. The van der Waals surface area contributed by atoms with Crippen LogP contribution in [0.25, 0.3) is 0 Å². The molecule has 0 atom stereocenters. The van der Waals surface area contributed by atoms with Crippen LogP contribution in [0.5, 0.6) is 0 Å². The molecule has 0 aromatic heterocycles. The third-order valence-electron chi connectivity index (χ3n) is 4.13. The summed E-state index contributed by atoms with van der Waals surface area (Å²) >= 11 is 0. The van der Waals surface area contributed by atoms with Crippen LogP contribution < -0.4 is 10.6 Å². The van der Waals surface area contributed by atoms with Gasteiger partial charge >= 0.3 is 5.97 Å². The Morgan fingerprint density at radius 3 is 2.17 bits per heavy atom. The molecule has 0 bridgehead atoms. The van der Waals surface area contributed by atoms with Gasteiger partial charge in [0.05, 0.1) is 21.7 Å². The Kier molecular flexibility index (Phi) is 5.83. The maximum atomic E-state index is 12.7. The van der Waals surface area contributed by atoms with Gasteiger partial charge in [0.15, 0.2) is 0 Å². The number of hydrogen-bond acceptors (Lipinski definition) is 5. The van der Waals surface area contributed by atoms with Crippen molar-refractivity contribution in [2.24, 2.45) is 0 Å².